The van der Waals surface area contributed by atoms with Crippen molar-refractivity contribution >= 4 is 45.6 Å². The van der Waals surface area contributed by atoms with Crippen molar-refractivity contribution in [2.45, 2.75) is 77.0 Å². The number of ether oxygens (including phenoxy) is 1. The molecule has 0 bridgehead atoms. The molecular weight excluding hydrogens is 601 g/mol. The molecule has 1 saturated heterocycles. The number of nitrogens with one attached hydrogen (secondary N) is 2. The number of amides is 1. The SMILES string of the molecule is O=C(/C=C/CN1CC2CCCCC2C1)Nc1cc2c(Nc3ccc(F)c(Cl)c3)ncnc2cc1OCCC1CC2(CCCCC2)C1. The molecule has 3 aliphatic carbocycles. The van der Waals surface area contributed by atoms with Crippen molar-refractivity contribution in [3.05, 3.63) is 59.7 Å². The summed E-state index contributed by atoms with van der Waals surface area (Å²) in [7, 11) is 0. The van der Waals surface area contributed by atoms with Gasteiger partial charge in [-0.2, -0.15) is 0 Å². The van der Waals surface area contributed by atoms with Crippen LogP contribution in [0.4, 0.5) is 21.6 Å². The Balaban J connectivity index is 1.05. The Hall–Kier alpha value is -3.23. The Morgan fingerprint density at radius 2 is 1.83 bits per heavy atom. The first kappa shape index (κ1) is 31.4. The number of aromatic nitrogens is 2. The third-order valence-corrected chi connectivity index (χ3v) is 11.3. The van der Waals surface area contributed by atoms with Crippen LogP contribution in [0.3, 0.4) is 0 Å². The summed E-state index contributed by atoms with van der Waals surface area (Å²) in [4.78, 5) is 24.6. The van der Waals surface area contributed by atoms with Crippen LogP contribution in [-0.2, 0) is 4.79 Å². The van der Waals surface area contributed by atoms with Gasteiger partial charge in [0.2, 0.25) is 5.91 Å². The highest BCUT2D eigenvalue weighted by Gasteiger charge is 2.43. The van der Waals surface area contributed by atoms with E-state index < -0.39 is 5.82 Å². The topological polar surface area (TPSA) is 79.4 Å². The van der Waals surface area contributed by atoms with Crippen LogP contribution < -0.4 is 15.4 Å². The summed E-state index contributed by atoms with van der Waals surface area (Å²) in [5.74, 6) is 2.77. The van der Waals surface area contributed by atoms with E-state index in [9.17, 15) is 9.18 Å². The Kier molecular flexibility index (Phi) is 9.45. The molecule has 1 amide bonds. The Labute approximate surface area is 276 Å². The zero-order chi connectivity index (χ0) is 31.5. The van der Waals surface area contributed by atoms with Crippen molar-refractivity contribution in [2.24, 2.45) is 23.2 Å². The van der Waals surface area contributed by atoms with Gasteiger partial charge in [0.05, 0.1) is 22.8 Å². The molecule has 2 unspecified atom stereocenters. The quantitative estimate of drug-likeness (QED) is 0.214. The summed E-state index contributed by atoms with van der Waals surface area (Å²) in [6, 6.07) is 8.16. The van der Waals surface area contributed by atoms with Gasteiger partial charge in [0.25, 0.3) is 0 Å². The molecule has 2 N–H and O–H groups in total. The number of nitrogens with zero attached hydrogens (tertiary/aromatic N) is 3. The first-order chi connectivity index (χ1) is 22.4. The Morgan fingerprint density at radius 3 is 2.59 bits per heavy atom. The number of likely N-dealkylation sites (tertiary alicyclic amines) is 1. The van der Waals surface area contributed by atoms with Gasteiger partial charge < -0.3 is 15.4 Å². The van der Waals surface area contributed by atoms with Crippen molar-refractivity contribution in [3.63, 3.8) is 0 Å². The second kappa shape index (κ2) is 13.9. The Morgan fingerprint density at radius 1 is 1.04 bits per heavy atom. The highest BCUT2D eigenvalue weighted by atomic mass is 35.5. The molecule has 3 aromatic rings. The summed E-state index contributed by atoms with van der Waals surface area (Å²) in [5.41, 5.74) is 2.44. The zero-order valence-corrected chi connectivity index (χ0v) is 27.3. The van der Waals surface area contributed by atoms with Crippen LogP contribution in [0.2, 0.25) is 5.02 Å². The fourth-order valence-electron chi connectivity index (χ4n) is 8.66. The fraction of sp³-hybridized carbons (Fsp3) is 0.541. The van der Waals surface area contributed by atoms with Crippen molar-refractivity contribution in [3.8, 4) is 5.75 Å². The molecule has 2 heterocycles. The van der Waals surface area contributed by atoms with E-state index in [0.29, 0.717) is 51.8 Å². The van der Waals surface area contributed by atoms with Crippen LogP contribution in [0, 0.1) is 29.0 Å². The molecule has 2 atom stereocenters. The van der Waals surface area contributed by atoms with E-state index in [0.717, 1.165) is 37.9 Å². The first-order valence-electron chi connectivity index (χ1n) is 17.3. The predicted octanol–water partition coefficient (Wildman–Crippen LogP) is 8.91. The minimum absolute atomic E-state index is 0.0207. The lowest BCUT2D eigenvalue weighted by Crippen LogP contribution is -2.39. The molecule has 9 heteroatoms. The number of carbonyl (C=O) groups is 1. The highest BCUT2D eigenvalue weighted by molar-refractivity contribution is 6.31. The average molecular weight is 646 g/mol. The van der Waals surface area contributed by atoms with Crippen LogP contribution in [0.1, 0.15) is 77.0 Å². The van der Waals surface area contributed by atoms with Crippen LogP contribution in [0.25, 0.3) is 10.9 Å². The zero-order valence-electron chi connectivity index (χ0n) is 26.6. The minimum Gasteiger partial charge on any atom is -0.491 e. The van der Waals surface area contributed by atoms with E-state index in [1.54, 1.807) is 12.1 Å². The van der Waals surface area contributed by atoms with E-state index in [4.69, 9.17) is 16.3 Å². The molecule has 1 aliphatic heterocycles. The average Bonchev–Trinajstić information content (AvgIpc) is 3.46. The number of hydrogen-bond donors (Lipinski definition) is 2. The molecule has 4 aliphatic rings. The number of hydrogen-bond acceptors (Lipinski definition) is 6. The number of carbonyl (C=O) groups excluding carboxylic acids is 1. The third-order valence-electron chi connectivity index (χ3n) is 11.0. The van der Waals surface area contributed by atoms with Gasteiger partial charge in [-0.15, -0.1) is 0 Å². The maximum atomic E-state index is 13.8. The highest BCUT2D eigenvalue weighted by Crippen LogP contribution is 2.55. The van der Waals surface area contributed by atoms with Gasteiger partial charge in [0.15, 0.2) is 0 Å². The lowest BCUT2D eigenvalue weighted by atomic mass is 9.55. The number of anilines is 3. The van der Waals surface area contributed by atoms with E-state index in [2.05, 4.69) is 25.5 Å². The molecule has 0 radical (unpaired) electrons. The van der Waals surface area contributed by atoms with Crippen molar-refractivity contribution < 1.29 is 13.9 Å². The van der Waals surface area contributed by atoms with Gasteiger partial charge in [-0.3, -0.25) is 9.69 Å². The third kappa shape index (κ3) is 7.18. The minimum atomic E-state index is -0.487. The summed E-state index contributed by atoms with van der Waals surface area (Å²) in [5, 5.41) is 7.02. The number of fused-ring (bicyclic) bond motifs is 2. The molecule has 3 saturated carbocycles. The van der Waals surface area contributed by atoms with E-state index >= 15 is 0 Å². The van der Waals surface area contributed by atoms with Crippen molar-refractivity contribution in [2.75, 3.05) is 36.9 Å². The van der Waals surface area contributed by atoms with Gasteiger partial charge in [0.1, 0.15) is 23.7 Å². The predicted molar refractivity (Wildman–Crippen MR) is 182 cm³/mol. The van der Waals surface area contributed by atoms with Crippen LogP contribution in [0.15, 0.2) is 48.8 Å². The van der Waals surface area contributed by atoms with Gasteiger partial charge in [0, 0.05) is 42.9 Å². The van der Waals surface area contributed by atoms with Crippen molar-refractivity contribution in [1.29, 1.82) is 0 Å². The van der Waals surface area contributed by atoms with Crippen molar-refractivity contribution in [1.82, 2.24) is 14.9 Å². The van der Waals surface area contributed by atoms with Gasteiger partial charge >= 0.3 is 0 Å². The number of rotatable bonds is 10. The molecular formula is C37H45ClFN5O2. The molecule has 244 valence electrons. The lowest BCUT2D eigenvalue weighted by molar-refractivity contribution is -0.111. The summed E-state index contributed by atoms with van der Waals surface area (Å²) in [6.07, 6.45) is 21.0. The van der Waals surface area contributed by atoms with Crippen LogP contribution in [0.5, 0.6) is 5.75 Å². The summed E-state index contributed by atoms with van der Waals surface area (Å²) >= 11 is 6.02. The maximum Gasteiger partial charge on any atom is 0.248 e. The van der Waals surface area contributed by atoms with Gasteiger partial charge in [-0.25, -0.2) is 14.4 Å². The van der Waals surface area contributed by atoms with E-state index in [1.165, 1.54) is 89.1 Å². The smallest absolute Gasteiger partial charge is 0.248 e. The van der Waals surface area contributed by atoms with Gasteiger partial charge in [-0.05, 0) is 92.4 Å². The molecule has 4 fully saturated rings. The molecule has 7 nitrogen and oxygen atoms in total. The Bertz CT molecular complexity index is 1570. The molecule has 7 rings (SSSR count). The summed E-state index contributed by atoms with van der Waals surface area (Å²) < 4.78 is 20.1. The maximum absolute atomic E-state index is 13.8. The standard InChI is InChI=1S/C37H45ClFN5O2/c38-30-17-28(10-11-31(30)39)42-36-29-18-33(43-35(45)9-6-15-44-22-26-7-2-3-8-27(26)23-44)34(19-32(29)40-24-41-36)46-16-12-25-20-37(21-25)13-4-1-5-14-37/h6,9-11,17-19,24-27H,1-5,7-8,12-16,20-23H2,(H,43,45)(H,40,41,42)/b9-6+. The van der Waals surface area contributed by atoms with Crippen LogP contribution >= 0.6 is 11.6 Å². The molecule has 46 heavy (non-hydrogen) atoms. The molecule has 1 spiro atoms. The number of benzene rings is 2. The summed E-state index contributed by atoms with van der Waals surface area (Å²) in [6.45, 7) is 3.64. The second-order valence-electron chi connectivity index (χ2n) is 14.2. The number of halogens is 2. The first-order valence-corrected chi connectivity index (χ1v) is 17.6. The second-order valence-corrected chi connectivity index (χ2v) is 14.6. The monoisotopic (exact) mass is 645 g/mol. The van der Waals surface area contributed by atoms with E-state index in [-0.39, 0.29) is 10.9 Å². The normalized spacial score (nSPS) is 23.0. The van der Waals surface area contributed by atoms with Gasteiger partial charge in [-0.1, -0.05) is 49.8 Å². The van der Waals surface area contributed by atoms with Crippen LogP contribution in [-0.4, -0.2) is 47.0 Å². The van der Waals surface area contributed by atoms with E-state index in [1.807, 2.05) is 18.2 Å². The fourth-order valence-corrected chi connectivity index (χ4v) is 8.84. The largest absolute Gasteiger partial charge is 0.491 e. The molecule has 2 aromatic carbocycles. The molecule has 1 aromatic heterocycles. The lowest BCUT2D eigenvalue weighted by Gasteiger charge is -2.50.